The number of carbonyl (C=O) groups is 1. The molecule has 5 heteroatoms. The number of carboxylic acids is 1. The number of nitrogens with zero attached hydrogens (tertiary/aromatic N) is 1. The van der Waals surface area contributed by atoms with Gasteiger partial charge < -0.3 is 10.4 Å². The number of aromatic nitrogens is 1. The molecule has 0 aliphatic carbocycles. The zero-order valence-corrected chi connectivity index (χ0v) is 10.4. The van der Waals surface area contributed by atoms with Crippen molar-refractivity contribution in [2.75, 3.05) is 5.32 Å². The molecule has 0 spiro atoms. The van der Waals surface area contributed by atoms with Gasteiger partial charge in [-0.1, -0.05) is 6.07 Å². The number of pyridine rings is 1. The Morgan fingerprint density at radius 3 is 2.89 bits per heavy atom. The van der Waals surface area contributed by atoms with Crippen molar-refractivity contribution in [3.05, 3.63) is 59.2 Å². The maximum Gasteiger partial charge on any atom is 0.337 e. The molecular weight excluding hydrogens is 247 g/mol. The highest BCUT2D eigenvalue weighted by Gasteiger charge is 2.13. The van der Waals surface area contributed by atoms with Crippen LogP contribution in [0.25, 0.3) is 0 Å². The Kier molecular flexibility index (Phi) is 3.75. The standard InChI is InChI=1S/C14H13FN2O2/c1-9-7-16-6-5-10(9)8-17-13-11(14(18)19)3-2-4-12(13)15/h2-7,17H,8H2,1H3,(H,18,19). The summed E-state index contributed by atoms with van der Waals surface area (Å²) in [5.74, 6) is -1.74. The predicted octanol–water partition coefficient (Wildman–Crippen LogP) is 2.84. The Hall–Kier alpha value is -2.43. The molecule has 0 saturated heterocycles. The molecule has 0 radical (unpaired) electrons. The number of para-hydroxylation sites is 1. The van der Waals surface area contributed by atoms with Crippen molar-refractivity contribution in [1.29, 1.82) is 0 Å². The number of hydrogen-bond donors (Lipinski definition) is 2. The first-order chi connectivity index (χ1) is 9.09. The summed E-state index contributed by atoms with van der Waals surface area (Å²) in [6.45, 7) is 2.24. The quantitative estimate of drug-likeness (QED) is 0.887. The molecule has 0 aliphatic heterocycles. The lowest BCUT2D eigenvalue weighted by atomic mass is 10.1. The van der Waals surface area contributed by atoms with Crippen molar-refractivity contribution >= 4 is 11.7 Å². The average Bonchev–Trinajstić information content (AvgIpc) is 2.38. The number of halogens is 1. The first-order valence-corrected chi connectivity index (χ1v) is 5.74. The van der Waals surface area contributed by atoms with Gasteiger partial charge in [-0.2, -0.15) is 0 Å². The summed E-state index contributed by atoms with van der Waals surface area (Å²) in [5.41, 5.74) is 1.83. The summed E-state index contributed by atoms with van der Waals surface area (Å²) >= 11 is 0. The summed E-state index contributed by atoms with van der Waals surface area (Å²) in [7, 11) is 0. The number of anilines is 1. The van der Waals surface area contributed by atoms with E-state index in [9.17, 15) is 9.18 Å². The highest BCUT2D eigenvalue weighted by atomic mass is 19.1. The lowest BCUT2D eigenvalue weighted by Crippen LogP contribution is -2.09. The van der Waals surface area contributed by atoms with Gasteiger partial charge in [0.05, 0.1) is 11.3 Å². The fraction of sp³-hybridized carbons (Fsp3) is 0.143. The molecule has 0 unspecified atom stereocenters. The van der Waals surface area contributed by atoms with Gasteiger partial charge in [0.2, 0.25) is 0 Å². The highest BCUT2D eigenvalue weighted by molar-refractivity contribution is 5.94. The van der Waals surface area contributed by atoms with E-state index in [0.29, 0.717) is 6.54 Å². The van der Waals surface area contributed by atoms with Crippen LogP contribution in [0.15, 0.2) is 36.7 Å². The second-order valence-electron chi connectivity index (χ2n) is 4.12. The van der Waals surface area contributed by atoms with Crippen LogP contribution in [0.5, 0.6) is 0 Å². The third kappa shape index (κ3) is 2.88. The van der Waals surface area contributed by atoms with Crippen LogP contribution in [0.3, 0.4) is 0 Å². The summed E-state index contributed by atoms with van der Waals surface area (Å²) in [4.78, 5) is 15.0. The molecule has 2 N–H and O–H groups in total. The number of benzene rings is 1. The van der Waals surface area contributed by atoms with Gasteiger partial charge in [0.15, 0.2) is 0 Å². The molecular formula is C14H13FN2O2. The van der Waals surface area contributed by atoms with Crippen molar-refractivity contribution in [2.45, 2.75) is 13.5 Å². The summed E-state index contributed by atoms with van der Waals surface area (Å²) < 4.78 is 13.7. The SMILES string of the molecule is Cc1cnccc1CNc1c(F)cccc1C(=O)O. The van der Waals surface area contributed by atoms with E-state index in [1.165, 1.54) is 18.2 Å². The van der Waals surface area contributed by atoms with E-state index in [-0.39, 0.29) is 11.3 Å². The monoisotopic (exact) mass is 260 g/mol. The summed E-state index contributed by atoms with van der Waals surface area (Å²) in [6, 6.07) is 5.78. The number of rotatable bonds is 4. The van der Waals surface area contributed by atoms with Crippen LogP contribution < -0.4 is 5.32 Å². The fourth-order valence-electron chi connectivity index (χ4n) is 1.77. The van der Waals surface area contributed by atoms with Crippen molar-refractivity contribution < 1.29 is 14.3 Å². The summed E-state index contributed by atoms with van der Waals surface area (Å²) in [6.07, 6.45) is 3.35. The van der Waals surface area contributed by atoms with E-state index in [4.69, 9.17) is 5.11 Å². The zero-order valence-electron chi connectivity index (χ0n) is 10.4. The van der Waals surface area contributed by atoms with E-state index in [2.05, 4.69) is 10.3 Å². The Morgan fingerprint density at radius 1 is 1.42 bits per heavy atom. The van der Waals surface area contributed by atoms with E-state index >= 15 is 0 Å². The molecule has 98 valence electrons. The number of hydrogen-bond acceptors (Lipinski definition) is 3. The molecule has 1 aromatic carbocycles. The van der Waals surface area contributed by atoms with Crippen LogP contribution in [0.1, 0.15) is 21.5 Å². The van der Waals surface area contributed by atoms with Gasteiger partial charge in [-0.05, 0) is 36.2 Å². The van der Waals surface area contributed by atoms with Gasteiger partial charge in [0.1, 0.15) is 5.82 Å². The maximum absolute atomic E-state index is 13.7. The molecule has 0 saturated carbocycles. The van der Waals surface area contributed by atoms with E-state index < -0.39 is 11.8 Å². The molecule has 19 heavy (non-hydrogen) atoms. The van der Waals surface area contributed by atoms with Gasteiger partial charge in [-0.25, -0.2) is 9.18 Å². The molecule has 0 aliphatic rings. The lowest BCUT2D eigenvalue weighted by Gasteiger charge is -2.11. The van der Waals surface area contributed by atoms with E-state index in [0.717, 1.165) is 11.1 Å². The highest BCUT2D eigenvalue weighted by Crippen LogP contribution is 2.21. The van der Waals surface area contributed by atoms with Crippen LogP contribution in [-0.2, 0) is 6.54 Å². The molecule has 2 aromatic rings. The zero-order chi connectivity index (χ0) is 13.8. The number of carboxylic acid groups (broad SMARTS) is 1. The topological polar surface area (TPSA) is 62.2 Å². The fourth-order valence-corrected chi connectivity index (χ4v) is 1.77. The lowest BCUT2D eigenvalue weighted by molar-refractivity contribution is 0.0697. The Bertz CT molecular complexity index is 614. The van der Waals surface area contributed by atoms with Crippen molar-refractivity contribution in [2.24, 2.45) is 0 Å². The predicted molar refractivity (Wildman–Crippen MR) is 69.7 cm³/mol. The second-order valence-corrected chi connectivity index (χ2v) is 4.12. The third-order valence-electron chi connectivity index (χ3n) is 2.84. The van der Waals surface area contributed by atoms with Crippen LogP contribution in [0.2, 0.25) is 0 Å². The van der Waals surface area contributed by atoms with Crippen molar-refractivity contribution in [3.63, 3.8) is 0 Å². The number of aromatic carboxylic acids is 1. The molecule has 0 atom stereocenters. The minimum atomic E-state index is -1.16. The van der Waals surface area contributed by atoms with Crippen LogP contribution in [0, 0.1) is 12.7 Å². The smallest absolute Gasteiger partial charge is 0.337 e. The van der Waals surface area contributed by atoms with Gasteiger partial charge in [-0.15, -0.1) is 0 Å². The number of nitrogens with one attached hydrogen (secondary N) is 1. The van der Waals surface area contributed by atoms with Crippen molar-refractivity contribution in [3.8, 4) is 0 Å². The van der Waals surface area contributed by atoms with Crippen LogP contribution in [-0.4, -0.2) is 16.1 Å². The van der Waals surface area contributed by atoms with Gasteiger partial charge in [0.25, 0.3) is 0 Å². The molecule has 0 bridgehead atoms. The largest absolute Gasteiger partial charge is 0.478 e. The molecule has 1 heterocycles. The Balaban J connectivity index is 2.25. The number of aryl methyl sites for hydroxylation is 1. The molecule has 1 aromatic heterocycles. The van der Waals surface area contributed by atoms with E-state index in [1.807, 2.05) is 13.0 Å². The van der Waals surface area contributed by atoms with Gasteiger partial charge >= 0.3 is 5.97 Å². The molecule has 2 rings (SSSR count). The Labute approximate surface area is 109 Å². The second kappa shape index (κ2) is 5.48. The molecule has 0 fully saturated rings. The maximum atomic E-state index is 13.7. The first-order valence-electron chi connectivity index (χ1n) is 5.74. The average molecular weight is 260 g/mol. The Morgan fingerprint density at radius 2 is 2.21 bits per heavy atom. The first kappa shape index (κ1) is 13.0. The minimum Gasteiger partial charge on any atom is -0.478 e. The molecule has 0 amide bonds. The van der Waals surface area contributed by atoms with Crippen molar-refractivity contribution in [1.82, 2.24) is 4.98 Å². The van der Waals surface area contributed by atoms with Gasteiger partial charge in [-0.3, -0.25) is 4.98 Å². The minimum absolute atomic E-state index is 0.00575. The summed E-state index contributed by atoms with van der Waals surface area (Å²) in [5, 5.41) is 11.9. The van der Waals surface area contributed by atoms with Crippen LogP contribution >= 0.6 is 0 Å². The third-order valence-corrected chi connectivity index (χ3v) is 2.84. The molecule has 4 nitrogen and oxygen atoms in total. The normalized spacial score (nSPS) is 10.2. The van der Waals surface area contributed by atoms with Gasteiger partial charge in [0, 0.05) is 18.9 Å². The van der Waals surface area contributed by atoms with E-state index in [1.54, 1.807) is 12.4 Å². The van der Waals surface area contributed by atoms with Crippen LogP contribution in [0.4, 0.5) is 10.1 Å².